The van der Waals surface area contributed by atoms with Gasteiger partial charge in [-0.1, -0.05) is 12.8 Å². The van der Waals surface area contributed by atoms with Crippen molar-refractivity contribution in [3.63, 3.8) is 0 Å². The van der Waals surface area contributed by atoms with E-state index in [1.165, 1.54) is 32.1 Å². The predicted octanol–water partition coefficient (Wildman–Crippen LogP) is 1.24. The molecule has 3 heteroatoms. The average Bonchev–Trinajstić information content (AvgIpc) is 2.55. The molecule has 0 amide bonds. The number of morpholine rings is 1. The lowest BCUT2D eigenvalue weighted by Crippen LogP contribution is -2.45. The van der Waals surface area contributed by atoms with E-state index in [1.54, 1.807) is 0 Å². The van der Waals surface area contributed by atoms with Gasteiger partial charge in [-0.15, -0.1) is 0 Å². The highest BCUT2D eigenvalue weighted by molar-refractivity contribution is 4.82. The number of rotatable bonds is 2. The topological polar surface area (TPSA) is 24.5 Å². The fraction of sp³-hybridized carbons (Fsp3) is 1.00. The second-order valence-electron chi connectivity index (χ2n) is 4.81. The lowest BCUT2D eigenvalue weighted by molar-refractivity contribution is 0.0121. The van der Waals surface area contributed by atoms with Crippen LogP contribution in [-0.2, 0) is 4.74 Å². The summed E-state index contributed by atoms with van der Waals surface area (Å²) in [5.41, 5.74) is 0. The summed E-state index contributed by atoms with van der Waals surface area (Å²) in [6.07, 6.45) is 6.87. The first kappa shape index (κ1) is 11.4. The van der Waals surface area contributed by atoms with E-state index in [0.717, 1.165) is 38.4 Å². The van der Waals surface area contributed by atoms with Crippen molar-refractivity contribution in [2.75, 3.05) is 33.4 Å². The molecule has 0 spiro atoms. The summed E-state index contributed by atoms with van der Waals surface area (Å²) in [5, 5.41) is 3.46. The van der Waals surface area contributed by atoms with Gasteiger partial charge in [-0.25, -0.2) is 0 Å². The second kappa shape index (κ2) is 5.83. The SMILES string of the molecule is CNC1CCCCC(N2CCOCC2)C1. The van der Waals surface area contributed by atoms with Gasteiger partial charge < -0.3 is 10.1 Å². The highest BCUT2D eigenvalue weighted by atomic mass is 16.5. The molecule has 1 aliphatic carbocycles. The summed E-state index contributed by atoms with van der Waals surface area (Å²) in [5.74, 6) is 0. The Morgan fingerprint density at radius 2 is 1.87 bits per heavy atom. The lowest BCUT2D eigenvalue weighted by atomic mass is 10.0. The maximum absolute atomic E-state index is 5.42. The molecule has 0 bridgehead atoms. The molecule has 15 heavy (non-hydrogen) atoms. The van der Waals surface area contributed by atoms with E-state index in [1.807, 2.05) is 0 Å². The Bertz CT molecular complexity index is 180. The molecule has 0 aromatic rings. The smallest absolute Gasteiger partial charge is 0.0594 e. The Labute approximate surface area is 93.2 Å². The standard InChI is InChI=1S/C12H24N2O/c1-13-11-4-2-3-5-12(10-11)14-6-8-15-9-7-14/h11-13H,2-10H2,1H3. The van der Waals surface area contributed by atoms with Crippen LogP contribution in [0.25, 0.3) is 0 Å². The van der Waals surface area contributed by atoms with E-state index in [-0.39, 0.29) is 0 Å². The summed E-state index contributed by atoms with van der Waals surface area (Å²) in [4.78, 5) is 2.64. The maximum Gasteiger partial charge on any atom is 0.0594 e. The van der Waals surface area contributed by atoms with Crippen molar-refractivity contribution in [3.05, 3.63) is 0 Å². The molecule has 2 unspecified atom stereocenters. The molecule has 3 nitrogen and oxygen atoms in total. The van der Waals surface area contributed by atoms with Crippen LogP contribution >= 0.6 is 0 Å². The molecule has 0 aromatic heterocycles. The molecule has 88 valence electrons. The lowest BCUT2D eigenvalue weighted by Gasteiger charge is -2.35. The fourth-order valence-electron chi connectivity index (χ4n) is 2.87. The van der Waals surface area contributed by atoms with Gasteiger partial charge in [0, 0.05) is 25.2 Å². The first-order chi connectivity index (χ1) is 7.40. The van der Waals surface area contributed by atoms with E-state index < -0.39 is 0 Å². The van der Waals surface area contributed by atoms with Crippen molar-refractivity contribution in [2.45, 2.75) is 44.2 Å². The number of hydrogen-bond acceptors (Lipinski definition) is 3. The third-order valence-corrected chi connectivity index (χ3v) is 3.87. The van der Waals surface area contributed by atoms with Crippen molar-refractivity contribution in [3.8, 4) is 0 Å². The van der Waals surface area contributed by atoms with Crippen LogP contribution in [0.5, 0.6) is 0 Å². The molecule has 2 aliphatic rings. The molecule has 1 heterocycles. The van der Waals surface area contributed by atoms with Crippen molar-refractivity contribution in [1.82, 2.24) is 10.2 Å². The van der Waals surface area contributed by atoms with Gasteiger partial charge >= 0.3 is 0 Å². The van der Waals surface area contributed by atoms with Gasteiger partial charge in [-0.3, -0.25) is 4.90 Å². The first-order valence-electron chi connectivity index (χ1n) is 6.39. The van der Waals surface area contributed by atoms with E-state index in [4.69, 9.17) is 4.74 Å². The van der Waals surface area contributed by atoms with Crippen LogP contribution in [0.1, 0.15) is 32.1 Å². The third-order valence-electron chi connectivity index (χ3n) is 3.87. The van der Waals surface area contributed by atoms with Crippen molar-refractivity contribution in [1.29, 1.82) is 0 Å². The second-order valence-corrected chi connectivity index (χ2v) is 4.81. The quantitative estimate of drug-likeness (QED) is 0.697. The van der Waals surface area contributed by atoms with E-state index >= 15 is 0 Å². The number of hydrogen-bond donors (Lipinski definition) is 1. The summed E-state index contributed by atoms with van der Waals surface area (Å²) >= 11 is 0. The Morgan fingerprint density at radius 1 is 1.13 bits per heavy atom. The van der Waals surface area contributed by atoms with Gasteiger partial charge in [0.2, 0.25) is 0 Å². The first-order valence-corrected chi connectivity index (χ1v) is 6.39. The maximum atomic E-state index is 5.42. The molecular weight excluding hydrogens is 188 g/mol. The monoisotopic (exact) mass is 212 g/mol. The van der Waals surface area contributed by atoms with Gasteiger partial charge in [0.15, 0.2) is 0 Å². The summed E-state index contributed by atoms with van der Waals surface area (Å²) in [6.45, 7) is 4.14. The summed E-state index contributed by atoms with van der Waals surface area (Å²) in [7, 11) is 2.10. The van der Waals surface area contributed by atoms with Gasteiger partial charge in [0.25, 0.3) is 0 Å². The zero-order chi connectivity index (χ0) is 10.5. The van der Waals surface area contributed by atoms with Gasteiger partial charge in [0.1, 0.15) is 0 Å². The van der Waals surface area contributed by atoms with Crippen molar-refractivity contribution < 1.29 is 4.74 Å². The number of nitrogens with zero attached hydrogens (tertiary/aromatic N) is 1. The molecule has 1 aliphatic heterocycles. The fourth-order valence-corrected chi connectivity index (χ4v) is 2.87. The molecule has 2 atom stereocenters. The van der Waals surface area contributed by atoms with Gasteiger partial charge in [-0.2, -0.15) is 0 Å². The molecule has 0 radical (unpaired) electrons. The highest BCUT2D eigenvalue weighted by Gasteiger charge is 2.25. The van der Waals surface area contributed by atoms with E-state index in [9.17, 15) is 0 Å². The third kappa shape index (κ3) is 3.16. The van der Waals surface area contributed by atoms with Crippen LogP contribution < -0.4 is 5.32 Å². The Kier molecular flexibility index (Phi) is 4.42. The molecule has 2 fully saturated rings. The molecule has 1 saturated heterocycles. The predicted molar refractivity (Wildman–Crippen MR) is 62.1 cm³/mol. The average molecular weight is 212 g/mol. The largest absolute Gasteiger partial charge is 0.379 e. The van der Waals surface area contributed by atoms with Crippen LogP contribution in [0.15, 0.2) is 0 Å². The zero-order valence-corrected chi connectivity index (χ0v) is 9.87. The minimum Gasteiger partial charge on any atom is -0.379 e. The van der Waals surface area contributed by atoms with Crippen LogP contribution in [0.2, 0.25) is 0 Å². The van der Waals surface area contributed by atoms with E-state index in [0.29, 0.717) is 0 Å². The normalized spacial score (nSPS) is 35.0. The minimum absolute atomic E-state index is 0.736. The molecule has 1 N–H and O–H groups in total. The molecule has 1 saturated carbocycles. The van der Waals surface area contributed by atoms with Crippen LogP contribution in [0.4, 0.5) is 0 Å². The Hall–Kier alpha value is -0.120. The van der Waals surface area contributed by atoms with Crippen LogP contribution in [0, 0.1) is 0 Å². The Morgan fingerprint density at radius 3 is 2.60 bits per heavy atom. The zero-order valence-electron chi connectivity index (χ0n) is 9.87. The van der Waals surface area contributed by atoms with Gasteiger partial charge in [0.05, 0.1) is 13.2 Å². The molecule has 2 rings (SSSR count). The van der Waals surface area contributed by atoms with Crippen LogP contribution in [-0.4, -0.2) is 50.3 Å². The minimum atomic E-state index is 0.736. The highest BCUT2D eigenvalue weighted by Crippen LogP contribution is 2.22. The number of nitrogens with one attached hydrogen (secondary N) is 1. The van der Waals surface area contributed by atoms with Gasteiger partial charge in [-0.05, 0) is 26.3 Å². The summed E-state index contributed by atoms with van der Waals surface area (Å²) in [6, 6.07) is 1.54. The molecule has 0 aromatic carbocycles. The van der Waals surface area contributed by atoms with Crippen molar-refractivity contribution in [2.24, 2.45) is 0 Å². The van der Waals surface area contributed by atoms with Crippen LogP contribution in [0.3, 0.4) is 0 Å². The molecular formula is C12H24N2O. The Balaban J connectivity index is 1.87. The van der Waals surface area contributed by atoms with E-state index in [2.05, 4.69) is 17.3 Å². The summed E-state index contributed by atoms with van der Waals surface area (Å²) < 4.78 is 5.42. The number of ether oxygens (including phenoxy) is 1. The van der Waals surface area contributed by atoms with Crippen molar-refractivity contribution >= 4 is 0 Å².